The van der Waals surface area contributed by atoms with Crippen molar-refractivity contribution in [3.8, 4) is 5.75 Å². The number of para-hydroxylation sites is 1. The van der Waals surface area contributed by atoms with Crippen LogP contribution in [0.25, 0.3) is 10.2 Å². The van der Waals surface area contributed by atoms with Gasteiger partial charge in [-0.1, -0.05) is 35.1 Å². The maximum absolute atomic E-state index is 13.8. The number of thiazole rings is 1. The van der Waals surface area contributed by atoms with Crippen LogP contribution in [-0.2, 0) is 4.79 Å². The average Bonchev–Trinajstić information content (AvgIpc) is 3.13. The lowest BCUT2D eigenvalue weighted by Gasteiger charge is -2.34. The normalized spacial score (nSPS) is 14.6. The minimum atomic E-state index is -0.294. The highest BCUT2D eigenvalue weighted by Gasteiger charge is 2.23. The number of amides is 1. The number of fused-ring (bicyclic) bond motifs is 1. The first-order valence-corrected chi connectivity index (χ1v) is 9.69. The molecule has 1 saturated heterocycles. The van der Waals surface area contributed by atoms with Gasteiger partial charge < -0.3 is 14.5 Å². The predicted molar refractivity (Wildman–Crippen MR) is 105 cm³/mol. The summed E-state index contributed by atoms with van der Waals surface area (Å²) in [5, 5.41) is 0.804. The van der Waals surface area contributed by atoms with E-state index in [0.717, 1.165) is 15.4 Å². The van der Waals surface area contributed by atoms with Gasteiger partial charge in [-0.3, -0.25) is 4.79 Å². The number of aromatic nitrogens is 1. The van der Waals surface area contributed by atoms with Crippen molar-refractivity contribution in [2.75, 3.05) is 37.7 Å². The van der Waals surface area contributed by atoms with E-state index in [1.165, 1.54) is 17.4 Å². The van der Waals surface area contributed by atoms with E-state index < -0.39 is 0 Å². The summed E-state index contributed by atoms with van der Waals surface area (Å²) in [5.41, 5.74) is 1.57. The molecule has 1 aliphatic rings. The highest BCUT2D eigenvalue weighted by Crippen LogP contribution is 2.30. The average molecular weight is 385 g/mol. The van der Waals surface area contributed by atoms with Gasteiger partial charge in [-0.05, 0) is 31.2 Å². The Morgan fingerprint density at radius 1 is 1.15 bits per heavy atom. The summed E-state index contributed by atoms with van der Waals surface area (Å²) in [6.07, 6.45) is 0. The lowest BCUT2D eigenvalue weighted by molar-refractivity contribution is -0.133. The molecule has 3 aromatic rings. The zero-order chi connectivity index (χ0) is 18.8. The highest BCUT2D eigenvalue weighted by molar-refractivity contribution is 7.22. The van der Waals surface area contributed by atoms with Gasteiger partial charge in [-0.25, -0.2) is 9.37 Å². The third-order valence-corrected chi connectivity index (χ3v) is 5.73. The second-order valence-electron chi connectivity index (χ2n) is 6.55. The maximum Gasteiger partial charge on any atom is 0.260 e. The number of rotatable bonds is 4. The standard InChI is InChI=1S/C20H20FN3O2S/c1-14-5-7-15(8-6-14)26-13-18(25)23-9-11-24(12-10-23)20-22-19-16(21)3-2-4-17(19)27-20/h2-8H,9-13H2,1H3. The van der Waals surface area contributed by atoms with Crippen LogP contribution in [0.3, 0.4) is 0 Å². The van der Waals surface area contributed by atoms with Crippen LogP contribution in [0.15, 0.2) is 42.5 Å². The number of benzene rings is 2. The van der Waals surface area contributed by atoms with Gasteiger partial charge in [-0.15, -0.1) is 0 Å². The molecular formula is C20H20FN3O2S. The lowest BCUT2D eigenvalue weighted by atomic mass is 10.2. The summed E-state index contributed by atoms with van der Waals surface area (Å²) < 4.78 is 20.3. The number of carbonyl (C=O) groups excluding carboxylic acids is 1. The quantitative estimate of drug-likeness (QED) is 0.690. The minimum absolute atomic E-state index is 0.0226. The third-order valence-electron chi connectivity index (χ3n) is 4.64. The highest BCUT2D eigenvalue weighted by atomic mass is 32.1. The fourth-order valence-electron chi connectivity index (χ4n) is 3.06. The van der Waals surface area contributed by atoms with Crippen molar-refractivity contribution in [1.82, 2.24) is 9.88 Å². The number of anilines is 1. The van der Waals surface area contributed by atoms with Gasteiger partial charge in [0.05, 0.1) is 4.70 Å². The molecule has 0 atom stereocenters. The van der Waals surface area contributed by atoms with E-state index in [2.05, 4.69) is 9.88 Å². The molecular weight excluding hydrogens is 365 g/mol. The first-order valence-electron chi connectivity index (χ1n) is 8.87. The van der Waals surface area contributed by atoms with Crippen LogP contribution in [-0.4, -0.2) is 48.6 Å². The van der Waals surface area contributed by atoms with Gasteiger partial charge in [0.2, 0.25) is 0 Å². The Bertz CT molecular complexity index is 950. The van der Waals surface area contributed by atoms with Crippen LogP contribution in [0.1, 0.15) is 5.56 Å². The molecule has 2 aromatic carbocycles. The molecule has 0 saturated carbocycles. The fourth-order valence-corrected chi connectivity index (χ4v) is 4.09. The predicted octanol–water partition coefficient (Wildman–Crippen LogP) is 3.47. The van der Waals surface area contributed by atoms with Gasteiger partial charge in [-0.2, -0.15) is 0 Å². The summed E-state index contributed by atoms with van der Waals surface area (Å²) in [5.74, 6) is 0.381. The Labute approximate surface area is 161 Å². The zero-order valence-corrected chi connectivity index (χ0v) is 15.8. The molecule has 1 amide bonds. The number of ether oxygens (including phenoxy) is 1. The number of carbonyl (C=O) groups is 1. The molecule has 7 heteroatoms. The summed E-state index contributed by atoms with van der Waals surface area (Å²) in [7, 11) is 0. The Hall–Kier alpha value is -2.67. The number of aryl methyl sites for hydroxylation is 1. The summed E-state index contributed by atoms with van der Waals surface area (Å²) in [6.45, 7) is 4.61. The van der Waals surface area contributed by atoms with Crippen LogP contribution >= 0.6 is 11.3 Å². The third kappa shape index (κ3) is 3.88. The molecule has 5 nitrogen and oxygen atoms in total. The Morgan fingerprint density at radius 3 is 2.59 bits per heavy atom. The zero-order valence-electron chi connectivity index (χ0n) is 15.0. The first kappa shape index (κ1) is 17.7. The topological polar surface area (TPSA) is 45.7 Å². The molecule has 0 unspecified atom stereocenters. The van der Waals surface area contributed by atoms with E-state index in [1.807, 2.05) is 37.3 Å². The number of nitrogens with zero attached hydrogens (tertiary/aromatic N) is 3. The number of hydrogen-bond donors (Lipinski definition) is 0. The molecule has 1 aromatic heterocycles. The summed E-state index contributed by atoms with van der Waals surface area (Å²) in [6, 6.07) is 12.7. The molecule has 2 heterocycles. The Morgan fingerprint density at radius 2 is 1.89 bits per heavy atom. The first-order chi connectivity index (χ1) is 13.1. The number of piperazine rings is 1. The van der Waals surface area contributed by atoms with E-state index in [4.69, 9.17) is 4.74 Å². The summed E-state index contributed by atoms with van der Waals surface area (Å²) >= 11 is 1.48. The molecule has 0 N–H and O–H groups in total. The number of hydrogen-bond acceptors (Lipinski definition) is 5. The van der Waals surface area contributed by atoms with Crippen molar-refractivity contribution in [3.63, 3.8) is 0 Å². The van der Waals surface area contributed by atoms with Gasteiger partial charge in [0, 0.05) is 26.2 Å². The summed E-state index contributed by atoms with van der Waals surface area (Å²) in [4.78, 5) is 20.7. The van der Waals surface area contributed by atoms with Crippen molar-refractivity contribution < 1.29 is 13.9 Å². The number of halogens is 1. The monoisotopic (exact) mass is 385 g/mol. The van der Waals surface area contributed by atoms with Gasteiger partial charge in [0.15, 0.2) is 11.7 Å². The lowest BCUT2D eigenvalue weighted by Crippen LogP contribution is -2.50. The fraction of sp³-hybridized carbons (Fsp3) is 0.300. The van der Waals surface area contributed by atoms with Gasteiger partial charge >= 0.3 is 0 Å². The van der Waals surface area contributed by atoms with Crippen molar-refractivity contribution in [3.05, 3.63) is 53.8 Å². The molecule has 1 fully saturated rings. The van der Waals surface area contributed by atoms with Crippen LogP contribution < -0.4 is 9.64 Å². The second kappa shape index (κ2) is 7.52. The van der Waals surface area contributed by atoms with E-state index in [1.54, 1.807) is 11.0 Å². The van der Waals surface area contributed by atoms with Crippen LogP contribution in [0, 0.1) is 12.7 Å². The van der Waals surface area contributed by atoms with E-state index >= 15 is 0 Å². The van der Waals surface area contributed by atoms with Crippen LogP contribution in [0.4, 0.5) is 9.52 Å². The molecule has 1 aliphatic heterocycles. The molecule has 0 bridgehead atoms. The SMILES string of the molecule is Cc1ccc(OCC(=O)N2CCN(c3nc4c(F)cccc4s3)CC2)cc1. The van der Waals surface area contributed by atoms with Gasteiger partial charge in [0.1, 0.15) is 17.1 Å². The van der Waals surface area contributed by atoms with Crippen LogP contribution in [0.2, 0.25) is 0 Å². The minimum Gasteiger partial charge on any atom is -0.484 e. The maximum atomic E-state index is 13.8. The molecule has 140 valence electrons. The van der Waals surface area contributed by atoms with Crippen LogP contribution in [0.5, 0.6) is 5.75 Å². The van der Waals surface area contributed by atoms with Crippen molar-refractivity contribution in [2.24, 2.45) is 0 Å². The Kier molecular flexibility index (Phi) is 4.94. The Balaban J connectivity index is 1.33. The molecule has 27 heavy (non-hydrogen) atoms. The van der Waals surface area contributed by atoms with E-state index in [9.17, 15) is 9.18 Å². The van der Waals surface area contributed by atoms with E-state index in [0.29, 0.717) is 37.4 Å². The van der Waals surface area contributed by atoms with Crippen molar-refractivity contribution >= 4 is 32.6 Å². The molecule has 0 aliphatic carbocycles. The second-order valence-corrected chi connectivity index (χ2v) is 7.56. The smallest absolute Gasteiger partial charge is 0.260 e. The van der Waals surface area contributed by atoms with Gasteiger partial charge in [0.25, 0.3) is 5.91 Å². The largest absolute Gasteiger partial charge is 0.484 e. The molecule has 0 spiro atoms. The molecule has 4 rings (SSSR count). The van der Waals surface area contributed by atoms with E-state index in [-0.39, 0.29) is 18.3 Å². The van der Waals surface area contributed by atoms with Crippen molar-refractivity contribution in [2.45, 2.75) is 6.92 Å². The molecule has 0 radical (unpaired) electrons. The van der Waals surface area contributed by atoms with Crippen molar-refractivity contribution in [1.29, 1.82) is 0 Å².